The summed E-state index contributed by atoms with van der Waals surface area (Å²) in [7, 11) is 0. The summed E-state index contributed by atoms with van der Waals surface area (Å²) < 4.78 is 27.6. The van der Waals surface area contributed by atoms with Crippen LogP contribution in [-0.2, 0) is 35.4 Å². The SMILES string of the molecule is O=C(O)[C@@H](O)[C@H](O)[C@H](O)[C@@H](O)C(=O)O.[CH3][Re](=[O])(=[O])=[O]. The Morgan fingerprint density at radius 2 is 0.947 bits per heavy atom. The van der Waals surface area contributed by atoms with Gasteiger partial charge in [-0.2, -0.15) is 0 Å². The van der Waals surface area contributed by atoms with Gasteiger partial charge in [-0.3, -0.25) is 0 Å². The first-order valence-corrected chi connectivity index (χ1v) is 10.3. The van der Waals surface area contributed by atoms with E-state index in [1.54, 1.807) is 0 Å². The molecule has 0 spiro atoms. The second kappa shape index (κ2) is 8.10. The number of aliphatic hydroxyl groups excluding tert-OH is 4. The summed E-state index contributed by atoms with van der Waals surface area (Å²) in [6.45, 7) is 0. The molecule has 4 atom stereocenters. The quantitative estimate of drug-likeness (QED) is 0.242. The van der Waals surface area contributed by atoms with E-state index in [0.717, 1.165) is 5.40 Å². The first-order chi connectivity index (χ1) is 8.29. The number of carboxylic acid groups (broad SMARTS) is 2. The second-order valence-electron chi connectivity index (χ2n) is 3.20. The molecular weight excluding hydrogens is 446 g/mol. The molecule has 114 valence electrons. The van der Waals surface area contributed by atoms with E-state index in [1.807, 2.05) is 0 Å². The van der Waals surface area contributed by atoms with Crippen molar-refractivity contribution < 1.29 is 66.0 Å². The number of carboxylic acids is 2. The third-order valence-electron chi connectivity index (χ3n) is 1.50. The molecule has 0 aliphatic carbocycles. The Kier molecular flexibility index (Phi) is 8.60. The average Bonchev–Trinajstić information content (AvgIpc) is 2.22. The van der Waals surface area contributed by atoms with E-state index in [9.17, 15) is 20.0 Å². The van der Waals surface area contributed by atoms with Gasteiger partial charge in [0.2, 0.25) is 0 Å². The molecule has 0 aliphatic heterocycles. The van der Waals surface area contributed by atoms with E-state index in [4.69, 9.17) is 30.6 Å². The van der Waals surface area contributed by atoms with Crippen molar-refractivity contribution in [3.63, 3.8) is 0 Å². The number of aliphatic hydroxyl groups is 4. The van der Waals surface area contributed by atoms with Gasteiger partial charge in [0.05, 0.1) is 0 Å². The van der Waals surface area contributed by atoms with Crippen LogP contribution in [-0.4, -0.2) is 67.0 Å². The topological polar surface area (TPSA) is 207 Å². The molecule has 0 heterocycles. The van der Waals surface area contributed by atoms with Gasteiger partial charge in [-0.15, -0.1) is 0 Å². The molecule has 0 saturated heterocycles. The maximum absolute atomic E-state index is 10.1. The molecule has 0 aliphatic rings. The predicted molar refractivity (Wildman–Crippen MR) is 47.2 cm³/mol. The maximum atomic E-state index is 10.1. The van der Waals surface area contributed by atoms with Gasteiger partial charge in [0.1, 0.15) is 12.2 Å². The standard InChI is InChI=1S/C6H10O8.CH3.3O.Re/c7-1(3(9)5(11)12)2(8)4(10)6(13)14;;;;;/h1-4,7-10H,(H,11,12)(H,13,14);1H3;;;;/t1-,2+,3+,4-;;;;;. The van der Waals surface area contributed by atoms with Crippen molar-refractivity contribution >= 4 is 11.9 Å². The Morgan fingerprint density at radius 1 is 0.789 bits per heavy atom. The van der Waals surface area contributed by atoms with Gasteiger partial charge < -0.3 is 30.6 Å². The van der Waals surface area contributed by atoms with Crippen molar-refractivity contribution in [3.8, 4) is 0 Å². The number of aliphatic carboxylic acids is 2. The van der Waals surface area contributed by atoms with Crippen LogP contribution in [0, 0.1) is 0 Å². The molecule has 0 aromatic heterocycles. The summed E-state index contributed by atoms with van der Waals surface area (Å²) in [5, 5.41) is 52.2. The van der Waals surface area contributed by atoms with Crippen molar-refractivity contribution in [1.82, 2.24) is 0 Å². The predicted octanol–water partition coefficient (Wildman–Crippen LogP) is -3.18. The van der Waals surface area contributed by atoms with Crippen LogP contribution in [0.15, 0.2) is 0 Å². The third kappa shape index (κ3) is 10.5. The van der Waals surface area contributed by atoms with Crippen molar-refractivity contribution in [3.05, 3.63) is 0 Å². The zero-order valence-electron chi connectivity index (χ0n) is 9.41. The fraction of sp³-hybridized carbons (Fsp3) is 0.714. The molecular formula is C7H13O11Re. The molecule has 11 nitrogen and oxygen atoms in total. The molecule has 0 aromatic carbocycles. The Morgan fingerprint density at radius 3 is 1.05 bits per heavy atom. The van der Waals surface area contributed by atoms with E-state index in [1.165, 1.54) is 0 Å². The summed E-state index contributed by atoms with van der Waals surface area (Å²) in [4.78, 5) is 20.2. The third-order valence-corrected chi connectivity index (χ3v) is 1.50. The molecule has 12 heteroatoms. The van der Waals surface area contributed by atoms with Gasteiger partial charge in [-0.05, 0) is 0 Å². The Labute approximate surface area is 108 Å². The molecule has 0 aromatic rings. The zero-order valence-corrected chi connectivity index (χ0v) is 12.1. The van der Waals surface area contributed by atoms with Crippen LogP contribution in [0.2, 0.25) is 5.40 Å². The molecule has 0 rings (SSSR count). The molecule has 0 saturated carbocycles. The van der Waals surface area contributed by atoms with Crippen molar-refractivity contribution in [2.24, 2.45) is 0 Å². The van der Waals surface area contributed by atoms with E-state index in [2.05, 4.69) is 0 Å². The van der Waals surface area contributed by atoms with Gasteiger partial charge in [0.15, 0.2) is 12.2 Å². The number of rotatable bonds is 5. The van der Waals surface area contributed by atoms with Crippen molar-refractivity contribution in [1.29, 1.82) is 0 Å². The van der Waals surface area contributed by atoms with Gasteiger partial charge >= 0.3 is 43.2 Å². The second-order valence-corrected chi connectivity index (χ2v) is 7.88. The molecule has 0 bridgehead atoms. The molecule has 6 N–H and O–H groups in total. The van der Waals surface area contributed by atoms with Gasteiger partial charge in [0.25, 0.3) is 0 Å². The Balaban J connectivity index is 0. The van der Waals surface area contributed by atoms with Gasteiger partial charge in [-0.25, -0.2) is 9.59 Å². The summed E-state index contributed by atoms with van der Waals surface area (Å²) in [6.07, 6.45) is -9.28. The van der Waals surface area contributed by atoms with Crippen LogP contribution < -0.4 is 0 Å². The minimum atomic E-state index is -4.86. The van der Waals surface area contributed by atoms with E-state index in [-0.39, 0.29) is 0 Å². The summed E-state index contributed by atoms with van der Waals surface area (Å²) in [5.41, 5.74) is 0. The van der Waals surface area contributed by atoms with Crippen molar-refractivity contribution in [2.75, 3.05) is 0 Å². The number of carbonyl (C=O) groups is 2. The van der Waals surface area contributed by atoms with Gasteiger partial charge in [0, 0.05) is 0 Å². The van der Waals surface area contributed by atoms with Crippen molar-refractivity contribution in [2.45, 2.75) is 29.8 Å². The minimum absolute atomic E-state index is 0.722. The molecule has 0 radical (unpaired) electrons. The Bertz CT molecular complexity index is 422. The van der Waals surface area contributed by atoms with Gasteiger partial charge in [-0.1, -0.05) is 0 Å². The average molecular weight is 459 g/mol. The summed E-state index contributed by atoms with van der Waals surface area (Å²) in [5.74, 6) is -3.68. The summed E-state index contributed by atoms with van der Waals surface area (Å²) in [6, 6.07) is 0. The Hall–Kier alpha value is -1.16. The fourth-order valence-corrected chi connectivity index (χ4v) is 0.666. The van der Waals surface area contributed by atoms with E-state index < -0.39 is 51.8 Å². The van der Waals surface area contributed by atoms with E-state index in [0.29, 0.717) is 0 Å². The summed E-state index contributed by atoms with van der Waals surface area (Å²) >= 11 is -4.86. The monoisotopic (exact) mass is 460 g/mol. The fourth-order valence-electron chi connectivity index (χ4n) is 0.666. The number of hydrogen-bond acceptors (Lipinski definition) is 9. The van der Waals surface area contributed by atoms with Crippen LogP contribution in [0.5, 0.6) is 0 Å². The zero-order chi connectivity index (χ0) is 16.0. The first kappa shape index (κ1) is 20.2. The normalized spacial score (nSPS) is 17.3. The molecule has 0 amide bonds. The molecule has 0 unspecified atom stereocenters. The first-order valence-electron chi connectivity index (χ1n) is 4.31. The van der Waals surface area contributed by atoms with Crippen LogP contribution in [0.3, 0.4) is 0 Å². The van der Waals surface area contributed by atoms with Crippen LogP contribution in [0.25, 0.3) is 0 Å². The van der Waals surface area contributed by atoms with E-state index >= 15 is 0 Å². The molecule has 19 heavy (non-hydrogen) atoms. The molecule has 0 fully saturated rings. The van der Waals surface area contributed by atoms with Crippen LogP contribution in [0.1, 0.15) is 0 Å². The number of hydrogen-bond donors (Lipinski definition) is 6. The van der Waals surface area contributed by atoms with Crippen LogP contribution in [0.4, 0.5) is 0 Å². The van der Waals surface area contributed by atoms with Crippen LogP contribution >= 0.6 is 0 Å².